The van der Waals surface area contributed by atoms with E-state index >= 15 is 0 Å². The molecule has 1 unspecified atom stereocenters. The maximum Gasteiger partial charge on any atom is 0.311 e. The smallest absolute Gasteiger partial charge is 0.311 e. The lowest BCUT2D eigenvalue weighted by Crippen LogP contribution is -2.48. The Morgan fingerprint density at radius 1 is 1.52 bits per heavy atom. The molecule has 21 heavy (non-hydrogen) atoms. The van der Waals surface area contributed by atoms with E-state index in [1.165, 1.54) is 0 Å². The van der Waals surface area contributed by atoms with E-state index in [0.29, 0.717) is 18.9 Å². The normalized spacial score (nSPS) is 22.1. The molecule has 116 valence electrons. The van der Waals surface area contributed by atoms with Crippen molar-refractivity contribution >= 4 is 17.7 Å². The number of carbonyl (C=O) groups is 1. The predicted molar refractivity (Wildman–Crippen MR) is 82.8 cm³/mol. The second-order valence-electron chi connectivity index (χ2n) is 5.97. The van der Waals surface area contributed by atoms with Crippen LogP contribution in [0.15, 0.2) is 12.3 Å². The summed E-state index contributed by atoms with van der Waals surface area (Å²) in [5, 5.41) is 9.66. The van der Waals surface area contributed by atoms with E-state index in [1.54, 1.807) is 6.20 Å². The lowest BCUT2D eigenvalue weighted by Gasteiger charge is -2.40. The molecule has 1 aromatic heterocycles. The fourth-order valence-electron chi connectivity index (χ4n) is 3.02. The van der Waals surface area contributed by atoms with Gasteiger partial charge in [-0.25, -0.2) is 4.98 Å². The number of aromatic nitrogens is 2. The van der Waals surface area contributed by atoms with Crippen LogP contribution in [0, 0.1) is 5.41 Å². The number of carboxylic acid groups (broad SMARTS) is 1. The Bertz CT molecular complexity index is 502. The predicted octanol–water partition coefficient (Wildman–Crippen LogP) is 2.01. The molecule has 0 aliphatic carbocycles. The van der Waals surface area contributed by atoms with Crippen molar-refractivity contribution in [2.24, 2.45) is 5.41 Å². The van der Waals surface area contributed by atoms with E-state index in [1.807, 2.05) is 32.0 Å². The number of hydrogen-bond donors (Lipinski definition) is 1. The van der Waals surface area contributed by atoms with Gasteiger partial charge in [0.1, 0.15) is 5.82 Å². The Balaban J connectivity index is 2.24. The zero-order valence-corrected chi connectivity index (χ0v) is 13.0. The van der Waals surface area contributed by atoms with E-state index < -0.39 is 11.4 Å². The van der Waals surface area contributed by atoms with Crippen molar-refractivity contribution in [3.8, 4) is 0 Å². The first-order chi connectivity index (χ1) is 9.98. The van der Waals surface area contributed by atoms with Gasteiger partial charge in [-0.2, -0.15) is 4.98 Å². The van der Waals surface area contributed by atoms with Crippen LogP contribution < -0.4 is 9.80 Å². The number of rotatable bonds is 5. The summed E-state index contributed by atoms with van der Waals surface area (Å²) in [5.41, 5.74) is -0.643. The molecule has 0 spiro atoms. The zero-order valence-electron chi connectivity index (χ0n) is 13.0. The van der Waals surface area contributed by atoms with Crippen LogP contribution in [-0.4, -0.2) is 48.2 Å². The van der Waals surface area contributed by atoms with Crippen molar-refractivity contribution < 1.29 is 9.90 Å². The van der Waals surface area contributed by atoms with Gasteiger partial charge in [0.15, 0.2) is 0 Å². The first-order valence-corrected chi connectivity index (χ1v) is 7.47. The van der Waals surface area contributed by atoms with Gasteiger partial charge in [-0.15, -0.1) is 0 Å². The number of aliphatic carboxylic acids is 1. The van der Waals surface area contributed by atoms with Crippen molar-refractivity contribution in [2.45, 2.75) is 32.6 Å². The SMILES string of the molecule is CCCC1(C(=O)O)CCCN(c2ccnc(N(C)C)n2)C1. The average molecular weight is 292 g/mol. The molecule has 1 fully saturated rings. The first kappa shape index (κ1) is 15.5. The van der Waals surface area contributed by atoms with Gasteiger partial charge in [0, 0.05) is 33.4 Å². The number of piperidine rings is 1. The highest BCUT2D eigenvalue weighted by molar-refractivity contribution is 5.76. The lowest BCUT2D eigenvalue weighted by molar-refractivity contribution is -0.150. The molecule has 6 nitrogen and oxygen atoms in total. The fraction of sp³-hybridized carbons (Fsp3) is 0.667. The van der Waals surface area contributed by atoms with Crippen LogP contribution in [0.4, 0.5) is 11.8 Å². The highest BCUT2D eigenvalue weighted by Gasteiger charge is 2.41. The highest BCUT2D eigenvalue weighted by Crippen LogP contribution is 2.36. The van der Waals surface area contributed by atoms with E-state index in [2.05, 4.69) is 14.9 Å². The van der Waals surface area contributed by atoms with E-state index in [0.717, 1.165) is 31.6 Å². The van der Waals surface area contributed by atoms with Crippen molar-refractivity contribution in [2.75, 3.05) is 37.0 Å². The molecule has 0 saturated carbocycles. The van der Waals surface area contributed by atoms with Gasteiger partial charge < -0.3 is 14.9 Å². The molecule has 1 atom stereocenters. The summed E-state index contributed by atoms with van der Waals surface area (Å²) >= 11 is 0. The van der Waals surface area contributed by atoms with Crippen LogP contribution in [-0.2, 0) is 4.79 Å². The molecule has 1 N–H and O–H groups in total. The summed E-state index contributed by atoms with van der Waals surface area (Å²) in [6.07, 6.45) is 4.96. The molecule has 0 aromatic carbocycles. The fourth-order valence-corrected chi connectivity index (χ4v) is 3.02. The molecule has 0 bridgehead atoms. The summed E-state index contributed by atoms with van der Waals surface area (Å²) in [6, 6.07) is 1.86. The second-order valence-corrected chi connectivity index (χ2v) is 5.97. The zero-order chi connectivity index (χ0) is 15.5. The summed E-state index contributed by atoms with van der Waals surface area (Å²) in [5.74, 6) is 0.778. The lowest BCUT2D eigenvalue weighted by atomic mass is 9.76. The van der Waals surface area contributed by atoms with Crippen LogP contribution >= 0.6 is 0 Å². The van der Waals surface area contributed by atoms with Gasteiger partial charge in [-0.1, -0.05) is 13.3 Å². The van der Waals surface area contributed by atoms with E-state index in [-0.39, 0.29) is 0 Å². The van der Waals surface area contributed by atoms with Crippen molar-refractivity contribution in [3.05, 3.63) is 12.3 Å². The molecule has 6 heteroatoms. The first-order valence-electron chi connectivity index (χ1n) is 7.47. The number of hydrogen-bond acceptors (Lipinski definition) is 5. The Morgan fingerprint density at radius 3 is 2.90 bits per heavy atom. The summed E-state index contributed by atoms with van der Waals surface area (Å²) in [7, 11) is 3.79. The van der Waals surface area contributed by atoms with Crippen LogP contribution in [0.25, 0.3) is 0 Å². The van der Waals surface area contributed by atoms with Crippen LogP contribution in [0.1, 0.15) is 32.6 Å². The summed E-state index contributed by atoms with van der Waals surface area (Å²) < 4.78 is 0. The van der Waals surface area contributed by atoms with Gasteiger partial charge >= 0.3 is 5.97 Å². The minimum atomic E-state index is -0.684. The second kappa shape index (κ2) is 6.28. The quantitative estimate of drug-likeness (QED) is 0.895. The highest BCUT2D eigenvalue weighted by atomic mass is 16.4. The molecule has 0 radical (unpaired) electrons. The minimum Gasteiger partial charge on any atom is -0.481 e. The Morgan fingerprint density at radius 2 is 2.29 bits per heavy atom. The maximum atomic E-state index is 11.8. The number of nitrogens with zero attached hydrogens (tertiary/aromatic N) is 4. The molecular weight excluding hydrogens is 268 g/mol. The van der Waals surface area contributed by atoms with Gasteiger partial charge in [-0.05, 0) is 25.3 Å². The third-order valence-corrected chi connectivity index (χ3v) is 4.11. The molecular formula is C15H24N4O2. The Kier molecular flexibility index (Phi) is 4.65. The molecule has 1 aliphatic rings. The van der Waals surface area contributed by atoms with Crippen molar-refractivity contribution in [1.29, 1.82) is 0 Å². The van der Waals surface area contributed by atoms with Gasteiger partial charge in [0.2, 0.25) is 5.95 Å². The number of anilines is 2. The van der Waals surface area contributed by atoms with E-state index in [9.17, 15) is 9.90 Å². The van der Waals surface area contributed by atoms with Crippen LogP contribution in [0.2, 0.25) is 0 Å². The van der Waals surface area contributed by atoms with E-state index in [4.69, 9.17) is 0 Å². The maximum absolute atomic E-state index is 11.8. The van der Waals surface area contributed by atoms with Crippen LogP contribution in [0.5, 0.6) is 0 Å². The molecule has 0 amide bonds. The number of carboxylic acids is 1. The van der Waals surface area contributed by atoms with Crippen molar-refractivity contribution in [1.82, 2.24) is 9.97 Å². The average Bonchev–Trinajstić information content (AvgIpc) is 2.48. The molecule has 2 heterocycles. The summed E-state index contributed by atoms with van der Waals surface area (Å²) in [6.45, 7) is 3.42. The molecule has 1 aliphatic heterocycles. The van der Waals surface area contributed by atoms with Gasteiger partial charge in [-0.3, -0.25) is 4.79 Å². The topological polar surface area (TPSA) is 69.6 Å². The van der Waals surface area contributed by atoms with Crippen LogP contribution in [0.3, 0.4) is 0 Å². The molecule has 2 rings (SSSR count). The summed E-state index contributed by atoms with van der Waals surface area (Å²) in [4.78, 5) is 24.4. The molecule has 1 aromatic rings. The largest absolute Gasteiger partial charge is 0.481 e. The monoisotopic (exact) mass is 292 g/mol. The Labute approximate surface area is 125 Å². The Hall–Kier alpha value is -1.85. The van der Waals surface area contributed by atoms with Gasteiger partial charge in [0.05, 0.1) is 5.41 Å². The minimum absolute atomic E-state index is 0.528. The van der Waals surface area contributed by atoms with Gasteiger partial charge in [0.25, 0.3) is 0 Å². The third-order valence-electron chi connectivity index (χ3n) is 4.11. The third kappa shape index (κ3) is 3.25. The molecule has 1 saturated heterocycles. The van der Waals surface area contributed by atoms with Crippen molar-refractivity contribution in [3.63, 3.8) is 0 Å². The standard InChI is InChI=1S/C15H24N4O2/c1-4-7-15(13(20)21)8-5-10-19(11-15)12-6-9-16-14(17-12)18(2)3/h6,9H,4-5,7-8,10-11H2,1-3H3,(H,20,21).